The summed E-state index contributed by atoms with van der Waals surface area (Å²) in [6.07, 6.45) is 6.86. The van der Waals surface area contributed by atoms with Crippen molar-refractivity contribution in [1.29, 1.82) is 0 Å². The Morgan fingerprint density at radius 3 is 2.62 bits per heavy atom. The van der Waals surface area contributed by atoms with E-state index in [9.17, 15) is 5.11 Å². The lowest BCUT2D eigenvalue weighted by Gasteiger charge is -2.30. The van der Waals surface area contributed by atoms with Crippen molar-refractivity contribution in [3.05, 3.63) is 18.7 Å². The van der Waals surface area contributed by atoms with Crippen LogP contribution in [0.5, 0.6) is 0 Å². The monoisotopic (exact) mass is 291 g/mol. The van der Waals surface area contributed by atoms with Crippen LogP contribution in [0.3, 0.4) is 0 Å². The fraction of sp³-hybridized carbons (Fsp3) is 0.538. The van der Waals surface area contributed by atoms with Gasteiger partial charge in [0.15, 0.2) is 0 Å². The number of hydrogen-bond donors (Lipinski definition) is 2. The van der Waals surface area contributed by atoms with Crippen LogP contribution >= 0.6 is 0 Å². The Bertz CT molecular complexity index is 554. The van der Waals surface area contributed by atoms with Crippen molar-refractivity contribution in [2.24, 2.45) is 0 Å². The summed E-state index contributed by atoms with van der Waals surface area (Å²) in [5.74, 6) is 1.05. The molecule has 0 spiro atoms. The molecule has 114 valence electrons. The lowest BCUT2D eigenvalue weighted by Crippen LogP contribution is -2.38. The minimum Gasteiger partial charge on any atom is -0.395 e. The smallest absolute Gasteiger partial charge is 0.241 e. The molecule has 0 fully saturated rings. The van der Waals surface area contributed by atoms with Gasteiger partial charge in [0.05, 0.1) is 6.61 Å². The van der Waals surface area contributed by atoms with Crippen molar-refractivity contribution in [1.82, 2.24) is 24.5 Å². The molecule has 0 amide bonds. The molecule has 8 heteroatoms. The minimum atomic E-state index is 0.0303. The SMILES string of the molecule is CCC(CC)N(CCO)c1nc(N)nc(-n2ccnc2)n1. The maximum Gasteiger partial charge on any atom is 0.241 e. The number of anilines is 2. The van der Waals surface area contributed by atoms with Crippen LogP contribution in [0, 0.1) is 0 Å². The zero-order valence-corrected chi connectivity index (χ0v) is 12.3. The summed E-state index contributed by atoms with van der Waals surface area (Å²) in [7, 11) is 0. The summed E-state index contributed by atoms with van der Waals surface area (Å²) >= 11 is 0. The molecule has 0 unspecified atom stereocenters. The third kappa shape index (κ3) is 3.46. The van der Waals surface area contributed by atoms with Gasteiger partial charge in [0.1, 0.15) is 6.33 Å². The lowest BCUT2D eigenvalue weighted by molar-refractivity contribution is 0.295. The second-order valence-corrected chi connectivity index (χ2v) is 4.65. The van der Waals surface area contributed by atoms with Crippen LogP contribution in [-0.2, 0) is 0 Å². The highest BCUT2D eigenvalue weighted by Crippen LogP contribution is 2.18. The van der Waals surface area contributed by atoms with Crippen molar-refractivity contribution >= 4 is 11.9 Å². The Morgan fingerprint density at radius 2 is 2.05 bits per heavy atom. The predicted octanol–water partition coefficient (Wildman–Crippen LogP) is 0.627. The van der Waals surface area contributed by atoms with Gasteiger partial charge in [0, 0.05) is 25.0 Å². The first-order valence-electron chi connectivity index (χ1n) is 7.07. The predicted molar refractivity (Wildman–Crippen MR) is 80.2 cm³/mol. The number of aliphatic hydroxyl groups is 1. The molecule has 0 saturated heterocycles. The Kier molecular flexibility index (Phi) is 5.04. The summed E-state index contributed by atoms with van der Waals surface area (Å²) in [6.45, 7) is 4.68. The topological polar surface area (TPSA) is 106 Å². The highest BCUT2D eigenvalue weighted by molar-refractivity contribution is 5.39. The van der Waals surface area contributed by atoms with Gasteiger partial charge in [-0.2, -0.15) is 15.0 Å². The van der Waals surface area contributed by atoms with Crippen LogP contribution < -0.4 is 10.6 Å². The molecule has 2 aromatic rings. The fourth-order valence-electron chi connectivity index (χ4n) is 2.27. The first-order valence-corrected chi connectivity index (χ1v) is 7.07. The highest BCUT2D eigenvalue weighted by atomic mass is 16.3. The van der Waals surface area contributed by atoms with Crippen molar-refractivity contribution in [2.45, 2.75) is 32.7 Å². The molecular formula is C13H21N7O. The molecule has 0 radical (unpaired) electrons. The molecule has 0 aliphatic carbocycles. The molecule has 0 atom stereocenters. The molecule has 2 aromatic heterocycles. The third-order valence-corrected chi connectivity index (χ3v) is 3.35. The minimum absolute atomic E-state index is 0.0303. The molecule has 0 aliphatic heterocycles. The van der Waals surface area contributed by atoms with E-state index in [0.717, 1.165) is 12.8 Å². The van der Waals surface area contributed by atoms with E-state index < -0.39 is 0 Å². The number of aliphatic hydroxyl groups excluding tert-OH is 1. The molecule has 0 aliphatic rings. The quantitative estimate of drug-likeness (QED) is 0.770. The second-order valence-electron chi connectivity index (χ2n) is 4.65. The van der Waals surface area contributed by atoms with E-state index in [0.29, 0.717) is 18.4 Å². The molecule has 0 bridgehead atoms. The van der Waals surface area contributed by atoms with Crippen LogP contribution in [0.4, 0.5) is 11.9 Å². The standard InChI is InChI=1S/C13H21N7O/c1-3-10(4-2)20(7-8-21)13-17-11(14)16-12(18-13)19-6-5-15-9-19/h5-6,9-10,21H,3-4,7-8H2,1-2H3,(H2,14,16,17,18). The van der Waals surface area contributed by atoms with Crippen LogP contribution in [0.25, 0.3) is 5.95 Å². The maximum absolute atomic E-state index is 9.30. The zero-order chi connectivity index (χ0) is 15.2. The van der Waals surface area contributed by atoms with E-state index in [1.54, 1.807) is 23.3 Å². The lowest BCUT2D eigenvalue weighted by atomic mass is 10.1. The van der Waals surface area contributed by atoms with Gasteiger partial charge in [-0.25, -0.2) is 4.98 Å². The van der Waals surface area contributed by atoms with Crippen molar-refractivity contribution in [2.75, 3.05) is 23.8 Å². The zero-order valence-electron chi connectivity index (χ0n) is 12.3. The number of imidazole rings is 1. The first-order chi connectivity index (χ1) is 10.2. The summed E-state index contributed by atoms with van der Waals surface area (Å²) in [4.78, 5) is 18.7. The van der Waals surface area contributed by atoms with Crippen molar-refractivity contribution in [3.8, 4) is 5.95 Å². The van der Waals surface area contributed by atoms with Crippen LogP contribution in [0.1, 0.15) is 26.7 Å². The van der Waals surface area contributed by atoms with Crippen LogP contribution in [0.15, 0.2) is 18.7 Å². The number of nitrogens with two attached hydrogens (primary N) is 1. The Balaban J connectivity index is 2.40. The molecule has 0 aromatic carbocycles. The molecule has 2 heterocycles. The number of aromatic nitrogens is 5. The third-order valence-electron chi connectivity index (χ3n) is 3.35. The number of nitrogens with zero attached hydrogens (tertiary/aromatic N) is 6. The summed E-state index contributed by atoms with van der Waals surface area (Å²) in [5.41, 5.74) is 5.80. The Hall–Kier alpha value is -2.22. The van der Waals surface area contributed by atoms with E-state index in [1.807, 2.05) is 4.90 Å². The van der Waals surface area contributed by atoms with E-state index in [1.165, 1.54) is 0 Å². The molecule has 21 heavy (non-hydrogen) atoms. The number of nitrogen functional groups attached to an aromatic ring is 1. The summed E-state index contributed by atoms with van der Waals surface area (Å²) in [6, 6.07) is 0.245. The Labute approximate surface area is 123 Å². The van der Waals surface area contributed by atoms with Crippen molar-refractivity contribution < 1.29 is 5.11 Å². The van der Waals surface area contributed by atoms with Gasteiger partial charge in [-0.3, -0.25) is 4.57 Å². The normalized spacial score (nSPS) is 11.0. The molecule has 3 N–H and O–H groups in total. The average Bonchev–Trinajstić information content (AvgIpc) is 3.01. The first kappa shape index (κ1) is 15.2. The van der Waals surface area contributed by atoms with E-state index in [4.69, 9.17) is 5.73 Å². The summed E-state index contributed by atoms with van der Waals surface area (Å²) < 4.78 is 1.67. The van der Waals surface area contributed by atoms with Crippen LogP contribution in [-0.4, -0.2) is 48.8 Å². The second kappa shape index (κ2) is 6.98. The van der Waals surface area contributed by atoms with E-state index >= 15 is 0 Å². The Morgan fingerprint density at radius 1 is 1.29 bits per heavy atom. The van der Waals surface area contributed by atoms with Gasteiger partial charge in [0.2, 0.25) is 17.8 Å². The van der Waals surface area contributed by atoms with Gasteiger partial charge in [-0.1, -0.05) is 13.8 Å². The molecular weight excluding hydrogens is 270 g/mol. The fourth-order valence-corrected chi connectivity index (χ4v) is 2.27. The molecule has 0 saturated carbocycles. The molecule has 8 nitrogen and oxygen atoms in total. The van der Waals surface area contributed by atoms with Gasteiger partial charge in [0.25, 0.3) is 0 Å². The number of rotatable bonds is 7. The summed E-state index contributed by atoms with van der Waals surface area (Å²) in [5, 5.41) is 9.30. The van der Waals surface area contributed by atoms with E-state index in [-0.39, 0.29) is 18.6 Å². The van der Waals surface area contributed by atoms with Gasteiger partial charge in [-0.05, 0) is 12.8 Å². The molecule has 2 rings (SSSR count). The van der Waals surface area contributed by atoms with Crippen LogP contribution in [0.2, 0.25) is 0 Å². The highest BCUT2D eigenvalue weighted by Gasteiger charge is 2.19. The van der Waals surface area contributed by atoms with E-state index in [2.05, 4.69) is 33.8 Å². The average molecular weight is 291 g/mol. The van der Waals surface area contributed by atoms with Gasteiger partial charge >= 0.3 is 0 Å². The van der Waals surface area contributed by atoms with Gasteiger partial charge < -0.3 is 15.7 Å². The largest absolute Gasteiger partial charge is 0.395 e. The number of hydrogen-bond acceptors (Lipinski definition) is 7. The maximum atomic E-state index is 9.30. The van der Waals surface area contributed by atoms with Crippen molar-refractivity contribution in [3.63, 3.8) is 0 Å². The van der Waals surface area contributed by atoms with Gasteiger partial charge in [-0.15, -0.1) is 0 Å².